The Hall–Kier alpha value is -2.70. The van der Waals surface area contributed by atoms with Crippen molar-refractivity contribution < 1.29 is 29.3 Å². The van der Waals surface area contributed by atoms with Crippen LogP contribution in [-0.4, -0.2) is 48.6 Å². The molecule has 142 valence electrons. The van der Waals surface area contributed by atoms with Crippen LogP contribution >= 0.6 is 0 Å². The molecule has 0 heterocycles. The number of carbonyl (C=O) groups excluding carboxylic acids is 2. The predicted molar refractivity (Wildman–Crippen MR) is 100 cm³/mol. The molecule has 1 rings (SSSR count). The second kappa shape index (κ2) is 14.6. The third-order valence-electron chi connectivity index (χ3n) is 2.76. The van der Waals surface area contributed by atoms with Crippen LogP contribution in [0, 0.1) is 0 Å². The molecule has 2 N–H and O–H groups in total. The lowest BCUT2D eigenvalue weighted by atomic mass is 10.1. The summed E-state index contributed by atoms with van der Waals surface area (Å²) in [5, 5.41) is 16.7. The van der Waals surface area contributed by atoms with E-state index in [1.165, 1.54) is 0 Å². The fraction of sp³-hybridized carbons (Fsp3) is 0.300. The van der Waals surface area contributed by atoms with E-state index in [2.05, 4.69) is 17.9 Å². The summed E-state index contributed by atoms with van der Waals surface area (Å²) in [7, 11) is 0. The van der Waals surface area contributed by atoms with Gasteiger partial charge in [-0.15, -0.1) is 0 Å². The van der Waals surface area contributed by atoms with Crippen molar-refractivity contribution in [3.8, 4) is 0 Å². The van der Waals surface area contributed by atoms with Crippen molar-refractivity contribution in [1.29, 1.82) is 0 Å². The molecule has 0 aliphatic carbocycles. The molecule has 0 atom stereocenters. The van der Waals surface area contributed by atoms with Crippen LogP contribution in [0.5, 0.6) is 0 Å². The molecule has 0 fully saturated rings. The highest BCUT2D eigenvalue weighted by Crippen LogP contribution is 2.06. The zero-order chi connectivity index (χ0) is 19.8. The zero-order valence-electron chi connectivity index (χ0n) is 15.0. The molecule has 0 aliphatic rings. The summed E-state index contributed by atoms with van der Waals surface area (Å²) in [5.41, 5.74) is 1.80. The molecule has 0 aliphatic heterocycles. The molecule has 6 heteroatoms. The molecule has 6 nitrogen and oxygen atoms in total. The number of hydrogen-bond acceptors (Lipinski definition) is 6. The number of benzene rings is 1. The van der Waals surface area contributed by atoms with Gasteiger partial charge in [-0.05, 0) is 18.9 Å². The first-order valence-electron chi connectivity index (χ1n) is 8.03. The monoisotopic (exact) mass is 362 g/mol. The smallest absolute Gasteiger partial charge is 0.333 e. The maximum absolute atomic E-state index is 11.3. The van der Waals surface area contributed by atoms with E-state index in [1.54, 1.807) is 6.92 Å². The van der Waals surface area contributed by atoms with Gasteiger partial charge in [-0.3, -0.25) is 0 Å². The van der Waals surface area contributed by atoms with Crippen LogP contribution < -0.4 is 0 Å². The average Bonchev–Trinajstić information content (AvgIpc) is 2.65. The number of aliphatic hydroxyl groups is 2. The van der Waals surface area contributed by atoms with E-state index in [1.807, 2.05) is 42.5 Å². The van der Waals surface area contributed by atoms with Gasteiger partial charge >= 0.3 is 11.9 Å². The van der Waals surface area contributed by atoms with Crippen molar-refractivity contribution in [2.75, 3.05) is 26.4 Å². The normalized spacial score (nSPS) is 9.81. The van der Waals surface area contributed by atoms with Crippen LogP contribution in [0.4, 0.5) is 0 Å². The molecule has 0 aromatic heterocycles. The quantitative estimate of drug-likeness (QED) is 0.517. The minimum atomic E-state index is -0.461. The summed E-state index contributed by atoms with van der Waals surface area (Å²) >= 11 is 0. The summed E-state index contributed by atoms with van der Waals surface area (Å²) in [4.78, 5) is 21.7. The molecule has 0 spiro atoms. The summed E-state index contributed by atoms with van der Waals surface area (Å²) < 4.78 is 9.20. The Balaban J connectivity index is 0.000000590. The lowest BCUT2D eigenvalue weighted by molar-refractivity contribution is -0.140. The number of carbonyl (C=O) groups is 2. The molecule has 26 heavy (non-hydrogen) atoms. The first-order valence-corrected chi connectivity index (χ1v) is 8.03. The standard InChI is InChI=1S/C14H16O3.C6H10O3/c1-12(14(16)17-11-10-15)6-5-9-13-7-3-2-4-8-13;1-5(2)6(8)9-4-3-7/h2-5,7-9,15H,1,6,10-11H2;7H,1,3-4H2,2H3. The number of rotatable bonds is 9. The van der Waals surface area contributed by atoms with Crippen molar-refractivity contribution in [3.63, 3.8) is 0 Å². The van der Waals surface area contributed by atoms with Crippen LogP contribution in [0.1, 0.15) is 18.9 Å². The maximum Gasteiger partial charge on any atom is 0.333 e. The molecule has 0 unspecified atom stereocenters. The Morgan fingerprint density at radius 3 is 2.04 bits per heavy atom. The molecule has 1 aromatic carbocycles. The topological polar surface area (TPSA) is 93.1 Å². The summed E-state index contributed by atoms with van der Waals surface area (Å²) in [6.45, 7) is 8.29. The van der Waals surface area contributed by atoms with Crippen LogP contribution in [0.3, 0.4) is 0 Å². The van der Waals surface area contributed by atoms with E-state index in [0.717, 1.165) is 5.56 Å². The third kappa shape index (κ3) is 11.8. The Bertz CT molecular complexity index is 604. The van der Waals surface area contributed by atoms with E-state index in [0.29, 0.717) is 17.6 Å². The van der Waals surface area contributed by atoms with E-state index in [-0.39, 0.29) is 26.4 Å². The Labute approximate surface area is 154 Å². The SMILES string of the molecule is C=C(C)C(=O)OCCO.C=C(CC=Cc1ccccc1)C(=O)OCCO. The number of ether oxygens (including phenoxy) is 2. The molecular formula is C20H26O6. The van der Waals surface area contributed by atoms with Crippen LogP contribution in [0.25, 0.3) is 6.08 Å². The van der Waals surface area contributed by atoms with Gasteiger partial charge in [0.15, 0.2) is 0 Å². The molecule has 0 radical (unpaired) electrons. The zero-order valence-corrected chi connectivity index (χ0v) is 15.0. The number of aliphatic hydroxyl groups excluding tert-OH is 2. The summed E-state index contributed by atoms with van der Waals surface area (Å²) in [5.74, 6) is -0.916. The van der Waals surface area contributed by atoms with Gasteiger partial charge in [0.1, 0.15) is 13.2 Å². The fourth-order valence-corrected chi connectivity index (χ4v) is 1.49. The van der Waals surface area contributed by atoms with Crippen molar-refractivity contribution in [2.45, 2.75) is 13.3 Å². The Morgan fingerprint density at radius 1 is 1.00 bits per heavy atom. The highest BCUT2D eigenvalue weighted by Gasteiger charge is 2.05. The van der Waals surface area contributed by atoms with E-state index >= 15 is 0 Å². The van der Waals surface area contributed by atoms with Gasteiger partial charge in [0.05, 0.1) is 13.2 Å². The Kier molecular flexibility index (Phi) is 13.1. The minimum Gasteiger partial charge on any atom is -0.460 e. The second-order valence-corrected chi connectivity index (χ2v) is 5.12. The van der Waals surface area contributed by atoms with Crippen LogP contribution in [0.2, 0.25) is 0 Å². The predicted octanol–water partition coefficient (Wildman–Crippen LogP) is 2.28. The lowest BCUT2D eigenvalue weighted by Gasteiger charge is -2.02. The average molecular weight is 362 g/mol. The number of hydrogen-bond donors (Lipinski definition) is 2. The Morgan fingerprint density at radius 2 is 1.54 bits per heavy atom. The van der Waals surface area contributed by atoms with Gasteiger partial charge in [0, 0.05) is 11.1 Å². The summed E-state index contributed by atoms with van der Waals surface area (Å²) in [6.07, 6.45) is 4.22. The van der Waals surface area contributed by atoms with E-state index in [4.69, 9.17) is 14.9 Å². The fourth-order valence-electron chi connectivity index (χ4n) is 1.49. The molecule has 0 amide bonds. The van der Waals surface area contributed by atoms with E-state index < -0.39 is 11.9 Å². The van der Waals surface area contributed by atoms with Gasteiger partial charge in [-0.25, -0.2) is 9.59 Å². The third-order valence-corrected chi connectivity index (χ3v) is 2.76. The van der Waals surface area contributed by atoms with Gasteiger partial charge in [0.25, 0.3) is 0 Å². The van der Waals surface area contributed by atoms with Crippen molar-refractivity contribution in [1.82, 2.24) is 0 Å². The van der Waals surface area contributed by atoms with Crippen molar-refractivity contribution in [2.24, 2.45) is 0 Å². The van der Waals surface area contributed by atoms with Crippen molar-refractivity contribution >= 4 is 18.0 Å². The van der Waals surface area contributed by atoms with E-state index in [9.17, 15) is 9.59 Å². The highest BCUT2D eigenvalue weighted by molar-refractivity contribution is 5.88. The van der Waals surface area contributed by atoms with Crippen molar-refractivity contribution in [3.05, 3.63) is 66.3 Å². The summed E-state index contributed by atoms with van der Waals surface area (Å²) in [6, 6.07) is 9.79. The minimum absolute atomic E-state index is 0.0141. The molecule has 0 saturated carbocycles. The first kappa shape index (κ1) is 23.3. The maximum atomic E-state index is 11.3. The van der Waals surface area contributed by atoms with Crippen LogP contribution in [-0.2, 0) is 19.1 Å². The molecular weight excluding hydrogens is 336 g/mol. The highest BCUT2D eigenvalue weighted by atomic mass is 16.5. The molecule has 0 bridgehead atoms. The van der Waals surface area contributed by atoms with Gasteiger partial charge in [0.2, 0.25) is 0 Å². The molecule has 1 aromatic rings. The number of esters is 2. The van der Waals surface area contributed by atoms with Gasteiger partial charge in [-0.2, -0.15) is 0 Å². The number of allylic oxidation sites excluding steroid dienone is 1. The lowest BCUT2D eigenvalue weighted by Crippen LogP contribution is -2.09. The van der Waals surface area contributed by atoms with Crippen LogP contribution in [0.15, 0.2) is 60.7 Å². The van der Waals surface area contributed by atoms with Gasteiger partial charge in [-0.1, -0.05) is 55.6 Å². The van der Waals surface area contributed by atoms with Gasteiger partial charge < -0.3 is 19.7 Å². The largest absolute Gasteiger partial charge is 0.460 e. The first-order chi connectivity index (χ1) is 12.4. The molecule has 0 saturated heterocycles. The second-order valence-electron chi connectivity index (χ2n) is 5.12.